The smallest absolute Gasteiger partial charge is 0.227 e. The number of hydrogen-bond donors (Lipinski definition) is 2. The summed E-state index contributed by atoms with van der Waals surface area (Å²) >= 11 is 0. The van der Waals surface area contributed by atoms with Gasteiger partial charge in [0.1, 0.15) is 5.82 Å². The molecule has 1 aliphatic heterocycles. The summed E-state index contributed by atoms with van der Waals surface area (Å²) < 4.78 is 0. The Kier molecular flexibility index (Phi) is 5.31. The van der Waals surface area contributed by atoms with Crippen LogP contribution in [0.3, 0.4) is 0 Å². The minimum Gasteiger partial charge on any atom is -0.372 e. The topological polar surface area (TPSA) is 86.8 Å². The maximum absolute atomic E-state index is 12.7. The zero-order valence-electron chi connectivity index (χ0n) is 15.2. The predicted molar refractivity (Wildman–Crippen MR) is 96.4 cm³/mol. The van der Waals surface area contributed by atoms with Crippen molar-refractivity contribution in [1.29, 1.82) is 0 Å². The highest BCUT2D eigenvalue weighted by atomic mass is 16.2. The maximum Gasteiger partial charge on any atom is 0.227 e. The summed E-state index contributed by atoms with van der Waals surface area (Å²) in [5, 5.41) is 10.2. The van der Waals surface area contributed by atoms with Crippen LogP contribution in [0.1, 0.15) is 35.5 Å². The van der Waals surface area contributed by atoms with E-state index in [1.165, 1.54) is 0 Å². The normalized spacial score (nSPS) is 17.6. The molecule has 134 valence electrons. The monoisotopic (exact) mass is 342 g/mol. The first-order valence-electron chi connectivity index (χ1n) is 8.84. The number of carbonyl (C=O) groups excluding carboxylic acids is 1. The molecule has 1 aliphatic rings. The molecule has 1 unspecified atom stereocenters. The van der Waals surface area contributed by atoms with Gasteiger partial charge < -0.3 is 10.2 Å². The Hall–Kier alpha value is -2.44. The molecule has 1 saturated heterocycles. The van der Waals surface area contributed by atoms with E-state index in [4.69, 9.17) is 0 Å². The summed E-state index contributed by atoms with van der Waals surface area (Å²) in [6.07, 6.45) is 6.85. The number of piperidine rings is 1. The van der Waals surface area contributed by atoms with Crippen molar-refractivity contribution in [2.24, 2.45) is 5.92 Å². The number of carbonyl (C=O) groups is 1. The van der Waals surface area contributed by atoms with Gasteiger partial charge in [-0.3, -0.25) is 14.9 Å². The molecule has 0 spiro atoms. The molecule has 3 heterocycles. The number of aryl methyl sites for hydroxylation is 2. The van der Waals surface area contributed by atoms with Crippen molar-refractivity contribution in [1.82, 2.24) is 25.1 Å². The Morgan fingerprint density at radius 3 is 2.88 bits per heavy atom. The van der Waals surface area contributed by atoms with Gasteiger partial charge in [0.25, 0.3) is 0 Å². The number of rotatable bonds is 5. The highest BCUT2D eigenvalue weighted by Crippen LogP contribution is 2.23. The Bertz CT molecular complexity index is 721. The van der Waals surface area contributed by atoms with Gasteiger partial charge in [0, 0.05) is 43.8 Å². The number of amides is 1. The van der Waals surface area contributed by atoms with Gasteiger partial charge in [-0.15, -0.1) is 0 Å². The van der Waals surface area contributed by atoms with Gasteiger partial charge in [-0.1, -0.05) is 0 Å². The van der Waals surface area contributed by atoms with Crippen LogP contribution in [0.15, 0.2) is 12.4 Å². The van der Waals surface area contributed by atoms with E-state index < -0.39 is 0 Å². The van der Waals surface area contributed by atoms with E-state index in [0.29, 0.717) is 12.3 Å². The number of likely N-dealkylation sites (tertiary alicyclic amines) is 1. The lowest BCUT2D eigenvalue weighted by Crippen LogP contribution is -2.41. The van der Waals surface area contributed by atoms with Crippen LogP contribution in [-0.2, 0) is 17.6 Å². The van der Waals surface area contributed by atoms with Crippen molar-refractivity contribution in [2.45, 2.75) is 39.5 Å². The van der Waals surface area contributed by atoms with Crippen LogP contribution in [0.4, 0.5) is 5.82 Å². The molecule has 0 aromatic carbocycles. The summed E-state index contributed by atoms with van der Waals surface area (Å²) in [7, 11) is 1.86. The molecule has 7 nitrogen and oxygen atoms in total. The average Bonchev–Trinajstić information content (AvgIpc) is 2.94. The quantitative estimate of drug-likeness (QED) is 0.866. The van der Waals surface area contributed by atoms with E-state index in [2.05, 4.69) is 25.5 Å². The number of hydrogen-bond acceptors (Lipinski definition) is 5. The number of aromatic nitrogens is 4. The van der Waals surface area contributed by atoms with Gasteiger partial charge in [-0.2, -0.15) is 5.10 Å². The molecule has 7 heteroatoms. The molecule has 25 heavy (non-hydrogen) atoms. The molecule has 1 fully saturated rings. The Balaban J connectivity index is 1.63. The Morgan fingerprint density at radius 1 is 1.36 bits per heavy atom. The Morgan fingerprint density at radius 2 is 2.16 bits per heavy atom. The lowest BCUT2D eigenvalue weighted by atomic mass is 9.92. The van der Waals surface area contributed by atoms with Crippen molar-refractivity contribution in [3.05, 3.63) is 35.0 Å². The second kappa shape index (κ2) is 7.63. The molecule has 0 bridgehead atoms. The van der Waals surface area contributed by atoms with Crippen molar-refractivity contribution in [3.8, 4) is 0 Å². The first-order valence-corrected chi connectivity index (χ1v) is 8.84. The molecule has 0 saturated carbocycles. The van der Waals surface area contributed by atoms with E-state index in [-0.39, 0.29) is 5.91 Å². The van der Waals surface area contributed by atoms with Gasteiger partial charge in [-0.25, -0.2) is 4.98 Å². The number of nitrogens with zero attached hydrogens (tertiary/aromatic N) is 4. The van der Waals surface area contributed by atoms with Crippen LogP contribution in [-0.4, -0.2) is 51.1 Å². The molecule has 2 aromatic heterocycles. The van der Waals surface area contributed by atoms with E-state index in [0.717, 1.165) is 60.8 Å². The predicted octanol–water partition coefficient (Wildman–Crippen LogP) is 1.88. The summed E-state index contributed by atoms with van der Waals surface area (Å²) in [5.74, 6) is 1.44. The molecular weight excluding hydrogens is 316 g/mol. The van der Waals surface area contributed by atoms with E-state index in [9.17, 15) is 4.79 Å². The van der Waals surface area contributed by atoms with Crippen LogP contribution < -0.4 is 5.32 Å². The van der Waals surface area contributed by atoms with E-state index in [1.54, 1.807) is 12.4 Å². The number of nitrogens with one attached hydrogen (secondary N) is 2. The third-order valence-electron chi connectivity index (χ3n) is 4.97. The second-order valence-corrected chi connectivity index (χ2v) is 6.74. The second-order valence-electron chi connectivity index (χ2n) is 6.74. The zero-order chi connectivity index (χ0) is 17.8. The lowest BCUT2D eigenvalue weighted by molar-refractivity contribution is -0.132. The molecule has 2 aromatic rings. The molecule has 0 radical (unpaired) electrons. The van der Waals surface area contributed by atoms with Gasteiger partial charge in [0.05, 0.1) is 17.8 Å². The minimum absolute atomic E-state index is 0.185. The summed E-state index contributed by atoms with van der Waals surface area (Å²) in [6, 6.07) is 0. The highest BCUT2D eigenvalue weighted by Gasteiger charge is 2.26. The van der Waals surface area contributed by atoms with Crippen LogP contribution in [0.25, 0.3) is 0 Å². The van der Waals surface area contributed by atoms with Crippen LogP contribution in [0, 0.1) is 19.8 Å². The third-order valence-corrected chi connectivity index (χ3v) is 4.97. The summed E-state index contributed by atoms with van der Waals surface area (Å²) in [6.45, 7) is 5.53. The van der Waals surface area contributed by atoms with Crippen molar-refractivity contribution in [3.63, 3.8) is 0 Å². The van der Waals surface area contributed by atoms with Crippen LogP contribution >= 0.6 is 0 Å². The van der Waals surface area contributed by atoms with Gasteiger partial charge in [-0.05, 0) is 39.0 Å². The fraction of sp³-hybridized carbons (Fsp3) is 0.556. The van der Waals surface area contributed by atoms with Gasteiger partial charge >= 0.3 is 0 Å². The fourth-order valence-electron chi connectivity index (χ4n) is 3.55. The van der Waals surface area contributed by atoms with Crippen LogP contribution in [0.2, 0.25) is 0 Å². The first-order chi connectivity index (χ1) is 12.1. The summed E-state index contributed by atoms with van der Waals surface area (Å²) in [4.78, 5) is 23.5. The van der Waals surface area contributed by atoms with E-state index >= 15 is 0 Å². The first kappa shape index (κ1) is 17.4. The molecule has 3 rings (SSSR count). The lowest BCUT2D eigenvalue weighted by Gasteiger charge is -2.33. The molecule has 1 amide bonds. The standard InChI is InChI=1S/C18H26N6O/c1-12-15(13(2)23-22-12)10-17(25)24-8-4-5-14(11-24)9-16-18(19-3)21-7-6-20-16/h6-7,14H,4-5,8-11H2,1-3H3,(H,19,21)(H,22,23). The van der Waals surface area contributed by atoms with E-state index in [1.807, 2.05) is 25.8 Å². The number of anilines is 1. The maximum atomic E-state index is 12.7. The van der Waals surface area contributed by atoms with Gasteiger partial charge in [0.2, 0.25) is 5.91 Å². The third kappa shape index (κ3) is 3.97. The van der Waals surface area contributed by atoms with Gasteiger partial charge in [0.15, 0.2) is 0 Å². The molecular formula is C18H26N6O. The van der Waals surface area contributed by atoms with Crippen molar-refractivity contribution < 1.29 is 4.79 Å². The van der Waals surface area contributed by atoms with Crippen molar-refractivity contribution >= 4 is 11.7 Å². The molecule has 1 atom stereocenters. The Labute approximate surface area is 148 Å². The van der Waals surface area contributed by atoms with Crippen molar-refractivity contribution in [2.75, 3.05) is 25.5 Å². The summed E-state index contributed by atoms with van der Waals surface area (Å²) in [5.41, 5.74) is 3.90. The zero-order valence-corrected chi connectivity index (χ0v) is 15.2. The molecule has 2 N–H and O–H groups in total. The van der Waals surface area contributed by atoms with Crippen LogP contribution in [0.5, 0.6) is 0 Å². The molecule has 0 aliphatic carbocycles. The average molecular weight is 342 g/mol. The number of aromatic amines is 1. The number of H-pyrrole nitrogens is 1. The fourth-order valence-corrected chi connectivity index (χ4v) is 3.55. The highest BCUT2D eigenvalue weighted by molar-refractivity contribution is 5.79. The largest absolute Gasteiger partial charge is 0.372 e. The SMILES string of the molecule is CNc1nccnc1CC1CCCN(C(=O)Cc2c(C)n[nH]c2C)C1. The minimum atomic E-state index is 0.185.